The third kappa shape index (κ3) is 3.69. The molecule has 2 bridgehead atoms. The highest BCUT2D eigenvalue weighted by molar-refractivity contribution is 6.74. The van der Waals surface area contributed by atoms with Crippen molar-refractivity contribution >= 4 is 14.3 Å². The Balaban J connectivity index is 2.32. The molecular formula is C14H25N3O5Si. The van der Waals surface area contributed by atoms with Gasteiger partial charge in [0, 0.05) is 11.8 Å². The molecule has 23 heavy (non-hydrogen) atoms. The average Bonchev–Trinajstić information content (AvgIpc) is 2.83. The van der Waals surface area contributed by atoms with Crippen molar-refractivity contribution in [1.82, 2.24) is 0 Å². The normalized spacial score (nSPS) is 33.9. The molecule has 0 N–H and O–H groups in total. The fourth-order valence-electron chi connectivity index (χ4n) is 2.52. The van der Waals surface area contributed by atoms with Crippen molar-refractivity contribution in [1.29, 1.82) is 0 Å². The number of rotatable bonds is 4. The van der Waals surface area contributed by atoms with Gasteiger partial charge in [-0.05, 0) is 23.7 Å². The number of carbonyl (C=O) groups excluding carboxylic acids is 1. The van der Waals surface area contributed by atoms with Gasteiger partial charge in [-0.15, -0.1) is 0 Å². The predicted molar refractivity (Wildman–Crippen MR) is 85.2 cm³/mol. The van der Waals surface area contributed by atoms with Crippen LogP contribution in [0.25, 0.3) is 10.4 Å². The van der Waals surface area contributed by atoms with E-state index in [1.807, 2.05) is 0 Å². The summed E-state index contributed by atoms with van der Waals surface area (Å²) in [6, 6.07) is -0.752. The summed E-state index contributed by atoms with van der Waals surface area (Å²) in [4.78, 5) is 14.4. The minimum atomic E-state index is -2.14. The van der Waals surface area contributed by atoms with Crippen LogP contribution < -0.4 is 0 Å². The first-order valence-corrected chi connectivity index (χ1v) is 10.6. The van der Waals surface area contributed by atoms with E-state index in [2.05, 4.69) is 43.9 Å². The van der Waals surface area contributed by atoms with Crippen molar-refractivity contribution in [3.63, 3.8) is 0 Å². The molecule has 0 radical (unpaired) electrons. The van der Waals surface area contributed by atoms with Crippen molar-refractivity contribution < 1.29 is 23.4 Å². The Morgan fingerprint density at radius 2 is 2.00 bits per heavy atom. The van der Waals surface area contributed by atoms with Gasteiger partial charge in [-0.1, -0.05) is 25.9 Å². The molecule has 130 valence electrons. The Kier molecular flexibility index (Phi) is 5.08. The minimum absolute atomic E-state index is 0.0158. The molecule has 0 unspecified atom stereocenters. The topological polar surface area (TPSA) is 103 Å². The van der Waals surface area contributed by atoms with Crippen LogP contribution in [0.4, 0.5) is 0 Å². The summed E-state index contributed by atoms with van der Waals surface area (Å²) in [5.74, 6) is -0.446. The van der Waals surface area contributed by atoms with E-state index in [4.69, 9.17) is 24.2 Å². The number of carbonyl (C=O) groups is 1. The average molecular weight is 343 g/mol. The van der Waals surface area contributed by atoms with E-state index in [0.717, 1.165) is 0 Å². The minimum Gasteiger partial charge on any atom is -0.459 e. The number of hydrogen-bond donors (Lipinski definition) is 0. The van der Waals surface area contributed by atoms with E-state index in [0.29, 0.717) is 6.61 Å². The molecule has 2 heterocycles. The quantitative estimate of drug-likeness (QED) is 0.257. The SMILES string of the molecule is CC(=O)O[C@@H]1[C@@H](N=[N+]=[N-])[C@@H]2OC[C@@H](O2)[C@H]1O[Si](C)(C)C(C)(C)C. The molecule has 8 nitrogen and oxygen atoms in total. The van der Waals surface area contributed by atoms with Gasteiger partial charge in [-0.25, -0.2) is 0 Å². The molecule has 0 saturated carbocycles. The molecule has 0 aromatic carbocycles. The molecule has 0 aromatic rings. The second-order valence-electron chi connectivity index (χ2n) is 7.49. The van der Waals surface area contributed by atoms with E-state index in [1.165, 1.54) is 6.92 Å². The van der Waals surface area contributed by atoms with Crippen molar-refractivity contribution in [2.45, 2.75) is 76.5 Å². The van der Waals surface area contributed by atoms with Gasteiger partial charge in [0.25, 0.3) is 0 Å². The van der Waals surface area contributed by atoms with Gasteiger partial charge in [0.1, 0.15) is 24.4 Å². The Bertz CT molecular complexity index is 515. The first-order chi connectivity index (χ1) is 10.6. The molecule has 2 fully saturated rings. The van der Waals surface area contributed by atoms with E-state index in [1.54, 1.807) is 0 Å². The van der Waals surface area contributed by atoms with Crippen molar-refractivity contribution in [3.05, 3.63) is 10.4 Å². The summed E-state index contributed by atoms with van der Waals surface area (Å²) < 4.78 is 23.2. The maximum atomic E-state index is 11.5. The second kappa shape index (κ2) is 6.41. The van der Waals surface area contributed by atoms with Crippen LogP contribution in [0.5, 0.6) is 0 Å². The predicted octanol–water partition coefficient (Wildman–Crippen LogP) is 2.74. The van der Waals surface area contributed by atoms with Crippen LogP contribution >= 0.6 is 0 Å². The van der Waals surface area contributed by atoms with Crippen LogP contribution in [-0.2, 0) is 23.4 Å². The van der Waals surface area contributed by atoms with Gasteiger partial charge in [0.05, 0.1) is 6.61 Å². The van der Waals surface area contributed by atoms with Crippen LogP contribution in [-0.4, -0.2) is 51.5 Å². The summed E-state index contributed by atoms with van der Waals surface area (Å²) in [5, 5.41) is 3.71. The summed E-state index contributed by atoms with van der Waals surface area (Å²) in [7, 11) is -2.14. The summed E-state index contributed by atoms with van der Waals surface area (Å²) >= 11 is 0. The highest BCUT2D eigenvalue weighted by atomic mass is 28.4. The van der Waals surface area contributed by atoms with Gasteiger partial charge in [0.2, 0.25) is 0 Å². The molecule has 2 rings (SSSR count). The van der Waals surface area contributed by atoms with Crippen molar-refractivity contribution in [2.75, 3.05) is 6.61 Å². The lowest BCUT2D eigenvalue weighted by Crippen LogP contribution is -2.59. The summed E-state index contributed by atoms with van der Waals surface area (Å²) in [6.45, 7) is 12.3. The zero-order valence-corrected chi connectivity index (χ0v) is 15.5. The monoisotopic (exact) mass is 343 g/mol. The molecule has 2 aliphatic heterocycles. The summed E-state index contributed by atoms with van der Waals surface area (Å²) in [5.41, 5.74) is 8.82. The number of fused-ring (bicyclic) bond motifs is 2. The third-order valence-corrected chi connectivity index (χ3v) is 9.24. The highest BCUT2D eigenvalue weighted by Gasteiger charge is 2.55. The molecule has 2 saturated heterocycles. The standard InChI is InChI=1S/C14H25N3O5Si/c1-8(18)20-12-10(16-17-15)13-19-7-9(21-13)11(12)22-23(5,6)14(2,3)4/h9-13H,7H2,1-6H3/t9-,10-,11-,12-,13-/m1/s1. The van der Waals surface area contributed by atoms with E-state index >= 15 is 0 Å². The molecule has 0 aromatic heterocycles. The molecule has 0 spiro atoms. The fraction of sp³-hybridized carbons (Fsp3) is 0.929. The summed E-state index contributed by atoms with van der Waals surface area (Å²) in [6.07, 6.45) is -2.24. The van der Waals surface area contributed by atoms with Crippen LogP contribution in [0.15, 0.2) is 5.11 Å². The Labute approximate surface area is 137 Å². The molecule has 0 aliphatic carbocycles. The maximum Gasteiger partial charge on any atom is 0.303 e. The molecule has 2 aliphatic rings. The van der Waals surface area contributed by atoms with E-state index in [9.17, 15) is 4.79 Å². The zero-order valence-electron chi connectivity index (χ0n) is 14.5. The maximum absolute atomic E-state index is 11.5. The Hall–Kier alpha value is -1.12. The van der Waals surface area contributed by atoms with Gasteiger partial charge >= 0.3 is 5.97 Å². The van der Waals surface area contributed by atoms with Crippen molar-refractivity contribution in [2.24, 2.45) is 5.11 Å². The van der Waals surface area contributed by atoms with Crippen LogP contribution in [0.2, 0.25) is 18.1 Å². The molecule has 9 heteroatoms. The van der Waals surface area contributed by atoms with Crippen molar-refractivity contribution in [3.8, 4) is 0 Å². The number of esters is 1. The second-order valence-corrected chi connectivity index (χ2v) is 12.2. The van der Waals surface area contributed by atoms with Gasteiger partial charge in [0.15, 0.2) is 14.6 Å². The lowest BCUT2D eigenvalue weighted by Gasteiger charge is -2.45. The Morgan fingerprint density at radius 1 is 1.35 bits per heavy atom. The van der Waals surface area contributed by atoms with Gasteiger partial charge in [-0.3, -0.25) is 4.79 Å². The van der Waals surface area contributed by atoms with Gasteiger partial charge in [-0.2, -0.15) is 0 Å². The number of ether oxygens (including phenoxy) is 3. The lowest BCUT2D eigenvalue weighted by atomic mass is 9.99. The first-order valence-electron chi connectivity index (χ1n) is 7.73. The van der Waals surface area contributed by atoms with Crippen LogP contribution in [0, 0.1) is 0 Å². The lowest BCUT2D eigenvalue weighted by molar-refractivity contribution is -0.194. The van der Waals surface area contributed by atoms with Crippen LogP contribution in [0.1, 0.15) is 27.7 Å². The van der Waals surface area contributed by atoms with E-state index in [-0.39, 0.29) is 11.1 Å². The fourth-order valence-corrected chi connectivity index (χ4v) is 3.84. The van der Waals surface area contributed by atoms with Gasteiger partial charge < -0.3 is 18.6 Å². The van der Waals surface area contributed by atoms with E-state index < -0.39 is 38.8 Å². The molecular weight excluding hydrogens is 318 g/mol. The molecule has 0 amide bonds. The number of nitrogens with zero attached hydrogens (tertiary/aromatic N) is 3. The number of azide groups is 1. The molecule has 5 atom stereocenters. The number of hydrogen-bond acceptors (Lipinski definition) is 6. The first kappa shape index (κ1) is 18.2. The Morgan fingerprint density at radius 3 is 2.52 bits per heavy atom. The zero-order chi connectivity index (χ0) is 17.4. The highest BCUT2D eigenvalue weighted by Crippen LogP contribution is 2.41. The third-order valence-electron chi connectivity index (χ3n) is 4.76. The van der Waals surface area contributed by atoms with Crippen LogP contribution in [0.3, 0.4) is 0 Å². The smallest absolute Gasteiger partial charge is 0.303 e. The largest absolute Gasteiger partial charge is 0.459 e.